The molecule has 4 atom stereocenters. The summed E-state index contributed by atoms with van der Waals surface area (Å²) in [5.41, 5.74) is -0.0528. The van der Waals surface area contributed by atoms with Crippen LogP contribution in [-0.2, 0) is 20.9 Å². The fourth-order valence-electron chi connectivity index (χ4n) is 4.40. The Labute approximate surface area is 157 Å². The Morgan fingerprint density at radius 2 is 2.23 bits per heavy atom. The quantitative estimate of drug-likeness (QED) is 0.758. The van der Waals surface area contributed by atoms with Gasteiger partial charge in [0.25, 0.3) is 0 Å². The fraction of sp³-hybridized carbons (Fsp3) is 0.632. The number of hydrogen-bond donors (Lipinski definition) is 0. The monoisotopic (exact) mass is 375 g/mol. The number of aromatic nitrogens is 1. The third-order valence-corrected chi connectivity index (χ3v) is 6.46. The number of amides is 2. The minimum absolute atomic E-state index is 0.0283. The van der Waals surface area contributed by atoms with E-state index in [9.17, 15) is 9.59 Å². The minimum atomic E-state index is -0.645. The number of aryl methyl sites for hydroxylation is 1. The number of thiazole rings is 1. The van der Waals surface area contributed by atoms with E-state index in [1.165, 1.54) is 0 Å². The van der Waals surface area contributed by atoms with Crippen LogP contribution < -0.4 is 0 Å². The van der Waals surface area contributed by atoms with E-state index in [1.54, 1.807) is 23.3 Å². The third-order valence-electron chi connectivity index (χ3n) is 5.64. The zero-order chi connectivity index (χ0) is 18.9. The number of likely N-dealkylation sites (tertiary alicyclic amines) is 1. The first-order chi connectivity index (χ1) is 12.1. The number of hydrogen-bond acceptors (Lipinski definition) is 5. The topological polar surface area (TPSA) is 62.7 Å². The lowest BCUT2D eigenvalue weighted by molar-refractivity contribution is -0.144. The zero-order valence-corrected chi connectivity index (χ0v) is 16.7. The Kier molecular flexibility index (Phi) is 3.83. The van der Waals surface area contributed by atoms with Gasteiger partial charge in [-0.05, 0) is 27.7 Å². The van der Waals surface area contributed by atoms with Crippen LogP contribution in [-0.4, -0.2) is 57.4 Å². The molecule has 0 saturated carbocycles. The molecule has 1 spiro atoms. The largest absolute Gasteiger partial charge is 0.360 e. The van der Waals surface area contributed by atoms with Gasteiger partial charge in [-0.2, -0.15) is 0 Å². The lowest BCUT2D eigenvalue weighted by Crippen LogP contribution is -2.47. The number of fused-ring (bicyclic) bond motifs is 1. The molecule has 2 saturated heterocycles. The zero-order valence-electron chi connectivity index (χ0n) is 15.9. The highest BCUT2D eigenvalue weighted by Crippen LogP contribution is 2.53. The van der Waals surface area contributed by atoms with Crippen molar-refractivity contribution in [3.63, 3.8) is 0 Å². The van der Waals surface area contributed by atoms with Gasteiger partial charge in [0.05, 0.1) is 41.7 Å². The summed E-state index contributed by atoms with van der Waals surface area (Å²) in [6.07, 6.45) is 3.65. The van der Waals surface area contributed by atoms with E-state index in [4.69, 9.17) is 4.74 Å². The molecule has 3 aliphatic heterocycles. The second-order valence-corrected chi connectivity index (χ2v) is 9.61. The van der Waals surface area contributed by atoms with E-state index in [-0.39, 0.29) is 23.5 Å². The van der Waals surface area contributed by atoms with Crippen LogP contribution in [0.1, 0.15) is 31.5 Å². The van der Waals surface area contributed by atoms with Crippen LogP contribution in [0.5, 0.6) is 0 Å². The van der Waals surface area contributed by atoms with Crippen LogP contribution in [0.25, 0.3) is 0 Å². The molecular weight excluding hydrogens is 350 g/mol. The van der Waals surface area contributed by atoms with Crippen LogP contribution >= 0.6 is 11.3 Å². The number of carbonyl (C=O) groups is 2. The van der Waals surface area contributed by atoms with Crippen LogP contribution in [0, 0.1) is 18.8 Å². The van der Waals surface area contributed by atoms with Crippen molar-refractivity contribution in [1.82, 2.24) is 14.8 Å². The van der Waals surface area contributed by atoms with Crippen molar-refractivity contribution in [2.45, 2.75) is 51.5 Å². The first-order valence-electron chi connectivity index (χ1n) is 8.97. The van der Waals surface area contributed by atoms with Gasteiger partial charge in [-0.1, -0.05) is 12.2 Å². The maximum atomic E-state index is 13.2. The molecule has 6 nitrogen and oxygen atoms in total. The van der Waals surface area contributed by atoms with Gasteiger partial charge in [0.1, 0.15) is 5.60 Å². The van der Waals surface area contributed by atoms with Gasteiger partial charge in [0.15, 0.2) is 0 Å². The van der Waals surface area contributed by atoms with Crippen molar-refractivity contribution in [1.29, 1.82) is 0 Å². The number of rotatable bonds is 3. The maximum Gasteiger partial charge on any atom is 0.230 e. The first-order valence-corrected chi connectivity index (χ1v) is 9.85. The summed E-state index contributed by atoms with van der Waals surface area (Å²) in [6, 6.07) is 0. The summed E-state index contributed by atoms with van der Waals surface area (Å²) in [4.78, 5) is 34.3. The van der Waals surface area contributed by atoms with Crippen molar-refractivity contribution in [3.8, 4) is 0 Å². The fourth-order valence-corrected chi connectivity index (χ4v) is 5.01. The molecule has 2 bridgehead atoms. The van der Waals surface area contributed by atoms with Crippen LogP contribution in [0.4, 0.5) is 0 Å². The molecule has 7 heteroatoms. The molecular formula is C19H25N3O3S. The molecule has 26 heavy (non-hydrogen) atoms. The van der Waals surface area contributed by atoms with E-state index >= 15 is 0 Å². The molecule has 0 aliphatic carbocycles. The number of nitrogens with zero attached hydrogens (tertiary/aromatic N) is 3. The van der Waals surface area contributed by atoms with Gasteiger partial charge in [0.2, 0.25) is 11.8 Å². The summed E-state index contributed by atoms with van der Waals surface area (Å²) in [5.74, 6) is -0.894. The summed E-state index contributed by atoms with van der Waals surface area (Å²) >= 11 is 1.57. The summed E-state index contributed by atoms with van der Waals surface area (Å²) in [6.45, 7) is 8.98. The Bertz CT molecular complexity index is 796. The molecule has 0 radical (unpaired) electrons. The molecule has 4 rings (SSSR count). The predicted molar refractivity (Wildman–Crippen MR) is 98.5 cm³/mol. The molecule has 3 aliphatic rings. The van der Waals surface area contributed by atoms with Crippen molar-refractivity contribution < 1.29 is 14.3 Å². The van der Waals surface area contributed by atoms with Gasteiger partial charge in [-0.3, -0.25) is 9.59 Å². The summed E-state index contributed by atoms with van der Waals surface area (Å²) in [7, 11) is 1.78. The Morgan fingerprint density at radius 1 is 1.50 bits per heavy atom. The molecule has 2 amide bonds. The normalized spacial score (nSPS) is 32.4. The van der Waals surface area contributed by atoms with E-state index in [2.05, 4.69) is 4.98 Å². The van der Waals surface area contributed by atoms with Crippen LogP contribution in [0.2, 0.25) is 0 Å². The second-order valence-electron chi connectivity index (χ2n) is 8.55. The minimum Gasteiger partial charge on any atom is -0.360 e. The van der Waals surface area contributed by atoms with E-state index in [0.29, 0.717) is 13.1 Å². The lowest BCUT2D eigenvalue weighted by Gasteiger charge is -2.34. The average Bonchev–Trinajstić information content (AvgIpc) is 3.27. The highest BCUT2D eigenvalue weighted by atomic mass is 32.1. The van der Waals surface area contributed by atoms with E-state index in [1.807, 2.05) is 50.1 Å². The number of ether oxygens (including phenoxy) is 1. The van der Waals surface area contributed by atoms with Gasteiger partial charge in [0, 0.05) is 18.0 Å². The van der Waals surface area contributed by atoms with Crippen LogP contribution in [0.3, 0.4) is 0 Å². The van der Waals surface area contributed by atoms with Gasteiger partial charge in [-0.15, -0.1) is 11.3 Å². The molecule has 0 N–H and O–H groups in total. The first kappa shape index (κ1) is 17.7. The van der Waals surface area contributed by atoms with Crippen molar-refractivity contribution in [3.05, 3.63) is 28.2 Å². The van der Waals surface area contributed by atoms with Crippen molar-refractivity contribution in [2.24, 2.45) is 11.8 Å². The van der Waals surface area contributed by atoms with Crippen molar-refractivity contribution >= 4 is 23.2 Å². The standard InChI is InChI=1S/C19H25N3O3S/c1-11-20-12(9-26-11)8-21(5)16(23)14-13-6-7-19(25-13)10-22(18(2,3)4)17(24)15(14)19/h6-7,9,13-15H,8,10H2,1-5H3/t13-,14+,15+,19-/m0/s1. The lowest BCUT2D eigenvalue weighted by atomic mass is 9.76. The highest BCUT2D eigenvalue weighted by Gasteiger charge is 2.68. The Hall–Kier alpha value is -1.73. The molecule has 140 valence electrons. The SMILES string of the molecule is Cc1nc(CN(C)C(=O)[C@@H]2[C@@H]3C=C[C@@]4(CN(C(C)(C)C)C(=O)[C@@H]24)O3)cs1. The summed E-state index contributed by atoms with van der Waals surface area (Å²) in [5, 5.41) is 2.96. The van der Waals surface area contributed by atoms with Gasteiger partial charge in [-0.25, -0.2) is 4.98 Å². The summed E-state index contributed by atoms with van der Waals surface area (Å²) < 4.78 is 6.18. The molecule has 1 aromatic rings. The van der Waals surface area contributed by atoms with Crippen LogP contribution in [0.15, 0.2) is 17.5 Å². The smallest absolute Gasteiger partial charge is 0.230 e. The highest BCUT2D eigenvalue weighted by molar-refractivity contribution is 7.09. The molecule has 2 fully saturated rings. The Balaban J connectivity index is 1.58. The van der Waals surface area contributed by atoms with E-state index < -0.39 is 17.4 Å². The predicted octanol–water partition coefficient (Wildman–Crippen LogP) is 1.99. The average molecular weight is 375 g/mol. The molecule has 0 aromatic carbocycles. The second kappa shape index (κ2) is 5.63. The Morgan fingerprint density at radius 3 is 2.85 bits per heavy atom. The van der Waals surface area contributed by atoms with Crippen molar-refractivity contribution in [2.75, 3.05) is 13.6 Å². The number of carbonyl (C=O) groups excluding carboxylic acids is 2. The molecule has 4 heterocycles. The van der Waals surface area contributed by atoms with Gasteiger partial charge >= 0.3 is 0 Å². The van der Waals surface area contributed by atoms with Gasteiger partial charge < -0.3 is 14.5 Å². The third kappa shape index (κ3) is 2.52. The maximum absolute atomic E-state index is 13.2. The molecule has 1 aromatic heterocycles. The van der Waals surface area contributed by atoms with E-state index in [0.717, 1.165) is 10.7 Å². The molecule has 0 unspecified atom stereocenters.